The highest BCUT2D eigenvalue weighted by atomic mass is 15.1. The molecule has 3 nitrogen and oxygen atoms in total. The van der Waals surface area contributed by atoms with E-state index in [4.69, 9.17) is 5.73 Å². The Balaban J connectivity index is 1.81. The number of imidazole rings is 1. The van der Waals surface area contributed by atoms with Crippen LogP contribution in [0.5, 0.6) is 0 Å². The van der Waals surface area contributed by atoms with Crippen molar-refractivity contribution in [1.29, 1.82) is 0 Å². The van der Waals surface area contributed by atoms with E-state index in [1.165, 1.54) is 30.3 Å². The molecule has 90 valence electrons. The largest absolute Gasteiger partial charge is 0.330 e. The molecule has 0 amide bonds. The number of benzene rings is 1. The fraction of sp³-hybridized carbons (Fsp3) is 0.500. The fourth-order valence-corrected chi connectivity index (χ4v) is 2.35. The summed E-state index contributed by atoms with van der Waals surface area (Å²) in [6, 6.07) is 7.39. The molecular formula is C14H19N3. The van der Waals surface area contributed by atoms with Crippen molar-refractivity contribution in [3.8, 4) is 0 Å². The van der Waals surface area contributed by atoms with Crippen LogP contribution in [0.3, 0.4) is 0 Å². The van der Waals surface area contributed by atoms with E-state index in [1.807, 2.05) is 6.33 Å². The van der Waals surface area contributed by atoms with Crippen molar-refractivity contribution in [3.05, 3.63) is 30.1 Å². The molecule has 0 atom stereocenters. The van der Waals surface area contributed by atoms with E-state index in [0.29, 0.717) is 6.04 Å². The number of fused-ring (bicyclic) bond motifs is 1. The summed E-state index contributed by atoms with van der Waals surface area (Å²) in [6.45, 7) is 0.790. The molecule has 1 heterocycles. The van der Waals surface area contributed by atoms with E-state index in [2.05, 4.69) is 27.8 Å². The Kier molecular flexibility index (Phi) is 2.85. The molecule has 0 spiro atoms. The van der Waals surface area contributed by atoms with Gasteiger partial charge in [-0.25, -0.2) is 4.98 Å². The molecule has 1 aromatic heterocycles. The van der Waals surface area contributed by atoms with E-state index < -0.39 is 0 Å². The van der Waals surface area contributed by atoms with Crippen molar-refractivity contribution in [1.82, 2.24) is 9.55 Å². The maximum atomic E-state index is 5.51. The number of aryl methyl sites for hydroxylation is 1. The van der Waals surface area contributed by atoms with Crippen molar-refractivity contribution in [2.75, 3.05) is 6.54 Å². The monoisotopic (exact) mass is 229 g/mol. The van der Waals surface area contributed by atoms with Gasteiger partial charge in [-0.05, 0) is 56.3 Å². The molecule has 17 heavy (non-hydrogen) atoms. The predicted octanol–water partition coefficient (Wildman–Crippen LogP) is 2.65. The molecule has 1 fully saturated rings. The van der Waals surface area contributed by atoms with Crippen LogP contribution in [0, 0.1) is 0 Å². The van der Waals surface area contributed by atoms with Crippen LogP contribution in [0.4, 0.5) is 0 Å². The average molecular weight is 229 g/mol. The highest BCUT2D eigenvalue weighted by Gasteiger charge is 2.24. The number of hydrogen-bond donors (Lipinski definition) is 1. The van der Waals surface area contributed by atoms with Crippen molar-refractivity contribution >= 4 is 11.0 Å². The van der Waals surface area contributed by atoms with Crippen LogP contribution in [-0.4, -0.2) is 16.1 Å². The Hall–Kier alpha value is -1.35. The topological polar surface area (TPSA) is 43.8 Å². The lowest BCUT2D eigenvalue weighted by Crippen LogP contribution is -1.99. The lowest BCUT2D eigenvalue weighted by atomic mass is 10.1. The summed E-state index contributed by atoms with van der Waals surface area (Å²) >= 11 is 0. The summed E-state index contributed by atoms with van der Waals surface area (Å²) in [7, 11) is 0. The first-order valence-corrected chi connectivity index (χ1v) is 6.54. The van der Waals surface area contributed by atoms with Crippen LogP contribution in [0.15, 0.2) is 24.5 Å². The highest BCUT2D eigenvalue weighted by Crippen LogP contribution is 2.37. The molecule has 2 N–H and O–H groups in total. The van der Waals surface area contributed by atoms with Gasteiger partial charge >= 0.3 is 0 Å². The van der Waals surface area contributed by atoms with Gasteiger partial charge < -0.3 is 10.3 Å². The van der Waals surface area contributed by atoms with Crippen LogP contribution in [0.25, 0.3) is 11.0 Å². The van der Waals surface area contributed by atoms with Crippen LogP contribution in [-0.2, 0) is 6.42 Å². The molecule has 3 heteroatoms. The van der Waals surface area contributed by atoms with E-state index in [-0.39, 0.29) is 0 Å². The molecule has 0 unspecified atom stereocenters. The van der Waals surface area contributed by atoms with Crippen molar-refractivity contribution < 1.29 is 0 Å². The van der Waals surface area contributed by atoms with Gasteiger partial charge in [0.25, 0.3) is 0 Å². The smallest absolute Gasteiger partial charge is 0.0960 e. The van der Waals surface area contributed by atoms with Gasteiger partial charge in [-0.15, -0.1) is 0 Å². The van der Waals surface area contributed by atoms with Crippen molar-refractivity contribution in [2.24, 2.45) is 5.73 Å². The van der Waals surface area contributed by atoms with Gasteiger partial charge in [0.05, 0.1) is 17.4 Å². The molecule has 0 bridgehead atoms. The minimum atomic E-state index is 0.711. The van der Waals surface area contributed by atoms with E-state index >= 15 is 0 Å². The fourth-order valence-electron chi connectivity index (χ4n) is 2.35. The first-order chi connectivity index (χ1) is 8.38. The molecule has 1 saturated carbocycles. The van der Waals surface area contributed by atoms with E-state index in [9.17, 15) is 0 Å². The van der Waals surface area contributed by atoms with Crippen LogP contribution in [0.1, 0.15) is 37.3 Å². The van der Waals surface area contributed by atoms with Gasteiger partial charge in [-0.1, -0.05) is 6.07 Å². The average Bonchev–Trinajstić information content (AvgIpc) is 3.10. The predicted molar refractivity (Wildman–Crippen MR) is 70.0 cm³/mol. The summed E-state index contributed by atoms with van der Waals surface area (Å²) in [5.41, 5.74) is 9.32. The second kappa shape index (κ2) is 4.49. The van der Waals surface area contributed by atoms with Gasteiger partial charge in [0.15, 0.2) is 0 Å². The lowest BCUT2D eigenvalue weighted by Gasteiger charge is -2.03. The normalized spacial score (nSPS) is 15.6. The summed E-state index contributed by atoms with van der Waals surface area (Å²) < 4.78 is 2.32. The van der Waals surface area contributed by atoms with Crippen molar-refractivity contribution in [3.63, 3.8) is 0 Å². The molecule has 0 radical (unpaired) electrons. The maximum Gasteiger partial charge on any atom is 0.0960 e. The Labute approximate surface area is 102 Å². The van der Waals surface area contributed by atoms with E-state index in [1.54, 1.807) is 0 Å². The number of aromatic nitrogens is 2. The van der Waals surface area contributed by atoms with Crippen LogP contribution < -0.4 is 5.73 Å². The molecule has 1 aromatic carbocycles. The molecule has 0 saturated heterocycles. The summed E-state index contributed by atoms with van der Waals surface area (Å²) in [4.78, 5) is 4.51. The summed E-state index contributed by atoms with van der Waals surface area (Å²) in [5.74, 6) is 0. The maximum absolute atomic E-state index is 5.51. The number of unbranched alkanes of at least 4 members (excludes halogenated alkanes) is 1. The zero-order valence-electron chi connectivity index (χ0n) is 10.1. The minimum Gasteiger partial charge on any atom is -0.330 e. The first-order valence-electron chi connectivity index (χ1n) is 6.54. The summed E-state index contributed by atoms with van der Waals surface area (Å²) in [5, 5.41) is 0. The van der Waals surface area contributed by atoms with Gasteiger partial charge in [-0.3, -0.25) is 0 Å². The van der Waals surface area contributed by atoms with Crippen LogP contribution >= 0.6 is 0 Å². The molecular weight excluding hydrogens is 210 g/mol. The van der Waals surface area contributed by atoms with Gasteiger partial charge in [0, 0.05) is 6.04 Å². The standard InChI is InChI=1S/C14H19N3/c15-8-2-1-3-11-4-7-14-13(9-11)16-10-17(14)12-5-6-12/h4,7,9-10,12H,1-3,5-6,8,15H2. The third-order valence-electron chi connectivity index (χ3n) is 3.50. The molecule has 1 aliphatic rings. The SMILES string of the molecule is NCCCCc1ccc2c(c1)ncn2C1CC1. The van der Waals surface area contributed by atoms with Gasteiger partial charge in [-0.2, -0.15) is 0 Å². The number of rotatable bonds is 5. The van der Waals surface area contributed by atoms with Crippen LogP contribution in [0.2, 0.25) is 0 Å². The minimum absolute atomic E-state index is 0.711. The van der Waals surface area contributed by atoms with Gasteiger partial charge in [0.1, 0.15) is 0 Å². The third kappa shape index (κ3) is 2.20. The van der Waals surface area contributed by atoms with E-state index in [0.717, 1.165) is 24.9 Å². The van der Waals surface area contributed by atoms with Crippen molar-refractivity contribution in [2.45, 2.75) is 38.1 Å². The Bertz CT molecular complexity index is 511. The highest BCUT2D eigenvalue weighted by molar-refractivity contribution is 5.76. The first kappa shape index (κ1) is 10.8. The Morgan fingerprint density at radius 1 is 1.29 bits per heavy atom. The molecule has 3 rings (SSSR count). The molecule has 2 aromatic rings. The molecule has 1 aliphatic carbocycles. The summed E-state index contributed by atoms with van der Waals surface area (Å²) in [6.07, 6.45) is 8.00. The zero-order chi connectivity index (χ0) is 11.7. The quantitative estimate of drug-likeness (QED) is 0.801. The second-order valence-electron chi connectivity index (χ2n) is 4.95. The van der Waals surface area contributed by atoms with Gasteiger partial charge in [0.2, 0.25) is 0 Å². The zero-order valence-corrected chi connectivity index (χ0v) is 10.1. The third-order valence-corrected chi connectivity index (χ3v) is 3.50. The number of nitrogens with two attached hydrogens (primary N) is 1. The lowest BCUT2D eigenvalue weighted by molar-refractivity contribution is 0.745. The molecule has 0 aliphatic heterocycles. The number of hydrogen-bond acceptors (Lipinski definition) is 2. The second-order valence-corrected chi connectivity index (χ2v) is 4.95. The number of nitrogens with zero attached hydrogens (tertiary/aromatic N) is 2. The Morgan fingerprint density at radius 3 is 2.94 bits per heavy atom. The Morgan fingerprint density at radius 2 is 2.18 bits per heavy atom.